The molecule has 0 aliphatic carbocycles. The lowest BCUT2D eigenvalue weighted by Gasteiger charge is -2.17. The molecule has 0 fully saturated rings. The van der Waals surface area contributed by atoms with Crippen LogP contribution < -0.4 is 5.32 Å². The van der Waals surface area contributed by atoms with Crippen LogP contribution in [-0.2, 0) is 27.2 Å². The second-order valence-electron chi connectivity index (χ2n) is 5.53. The summed E-state index contributed by atoms with van der Waals surface area (Å²) in [4.78, 5) is 24.2. The predicted octanol–water partition coefficient (Wildman–Crippen LogP) is 2.28. The van der Waals surface area contributed by atoms with Gasteiger partial charge in [-0.2, -0.15) is 5.26 Å². The van der Waals surface area contributed by atoms with Gasteiger partial charge in [-0.25, -0.2) is 13.6 Å². The third-order valence-corrected chi connectivity index (χ3v) is 3.75. The average molecular weight is 358 g/mol. The zero-order valence-electron chi connectivity index (χ0n) is 14.0. The highest BCUT2D eigenvalue weighted by molar-refractivity contribution is 5.85. The Kier molecular flexibility index (Phi) is 6.39. The number of carbonyl (C=O) groups excluding carboxylic acids is 2. The summed E-state index contributed by atoms with van der Waals surface area (Å²) in [5.74, 6) is -2.90. The molecule has 0 aliphatic heterocycles. The zero-order valence-corrected chi connectivity index (χ0v) is 14.0. The fourth-order valence-corrected chi connectivity index (χ4v) is 2.45. The smallest absolute Gasteiger partial charge is 0.328 e. The first-order valence-corrected chi connectivity index (χ1v) is 7.73. The summed E-state index contributed by atoms with van der Waals surface area (Å²) >= 11 is 0. The van der Waals surface area contributed by atoms with E-state index in [4.69, 9.17) is 5.26 Å². The summed E-state index contributed by atoms with van der Waals surface area (Å²) < 4.78 is 31.3. The molecule has 134 valence electrons. The Labute approximate surface area is 149 Å². The minimum atomic E-state index is -1.04. The number of nitrogens with one attached hydrogen (secondary N) is 1. The molecule has 2 aromatic carbocycles. The van der Waals surface area contributed by atoms with Crippen LogP contribution in [0.5, 0.6) is 0 Å². The first kappa shape index (κ1) is 19.1. The van der Waals surface area contributed by atoms with Crippen molar-refractivity contribution in [2.45, 2.75) is 18.9 Å². The molecule has 0 saturated carbocycles. The number of esters is 1. The summed E-state index contributed by atoms with van der Waals surface area (Å²) in [5, 5.41) is 11.6. The monoisotopic (exact) mass is 358 g/mol. The number of nitrogens with zero attached hydrogens (tertiary/aromatic N) is 1. The Morgan fingerprint density at radius 1 is 1.19 bits per heavy atom. The number of halogens is 2. The average Bonchev–Trinajstić information content (AvgIpc) is 2.63. The van der Waals surface area contributed by atoms with Gasteiger partial charge in [0.05, 0.1) is 25.2 Å². The van der Waals surface area contributed by atoms with Crippen LogP contribution in [0.1, 0.15) is 16.7 Å². The molecule has 1 atom stereocenters. The van der Waals surface area contributed by atoms with Gasteiger partial charge in [-0.3, -0.25) is 4.79 Å². The lowest BCUT2D eigenvalue weighted by Crippen LogP contribution is -2.43. The Balaban J connectivity index is 2.13. The van der Waals surface area contributed by atoms with Gasteiger partial charge in [0.1, 0.15) is 17.7 Å². The molecule has 0 spiro atoms. The predicted molar refractivity (Wildman–Crippen MR) is 88.9 cm³/mol. The highest BCUT2D eigenvalue weighted by Gasteiger charge is 2.23. The molecular weight excluding hydrogens is 342 g/mol. The van der Waals surface area contributed by atoms with Crippen LogP contribution in [0, 0.1) is 23.0 Å². The maximum Gasteiger partial charge on any atom is 0.328 e. The summed E-state index contributed by atoms with van der Waals surface area (Å²) in [6.07, 6.45) is -0.312. The number of hydrogen-bond donors (Lipinski definition) is 1. The number of hydrogen-bond acceptors (Lipinski definition) is 4. The maximum atomic E-state index is 13.7. The second-order valence-corrected chi connectivity index (χ2v) is 5.53. The normalized spacial score (nSPS) is 11.3. The van der Waals surface area contributed by atoms with Gasteiger partial charge in [-0.15, -0.1) is 0 Å². The topological polar surface area (TPSA) is 79.2 Å². The third kappa shape index (κ3) is 4.86. The molecule has 7 heteroatoms. The molecule has 0 unspecified atom stereocenters. The summed E-state index contributed by atoms with van der Waals surface area (Å²) in [6, 6.07) is 10.5. The number of ether oxygens (including phenoxy) is 1. The molecule has 5 nitrogen and oxygen atoms in total. The van der Waals surface area contributed by atoms with Crippen molar-refractivity contribution in [2.24, 2.45) is 0 Å². The van der Waals surface area contributed by atoms with Crippen LogP contribution in [0.15, 0.2) is 42.5 Å². The second kappa shape index (κ2) is 8.72. The van der Waals surface area contributed by atoms with Gasteiger partial charge < -0.3 is 10.1 Å². The van der Waals surface area contributed by atoms with Crippen LogP contribution in [-0.4, -0.2) is 25.0 Å². The molecule has 26 heavy (non-hydrogen) atoms. The molecule has 2 aromatic rings. The van der Waals surface area contributed by atoms with Crippen molar-refractivity contribution in [2.75, 3.05) is 7.11 Å². The van der Waals surface area contributed by atoms with Crippen molar-refractivity contribution in [1.29, 1.82) is 5.26 Å². The number of rotatable bonds is 6. The number of methoxy groups -OCH3 is 1. The molecule has 0 radical (unpaired) electrons. The summed E-state index contributed by atoms with van der Waals surface area (Å²) in [6.45, 7) is 0. The molecule has 1 N–H and O–H groups in total. The standard InChI is InChI=1S/C19H16F2N2O3/c1-26-19(25)17(8-12-4-2-3-5-14(12)11-22)23-18(24)9-13-6-7-15(20)10-16(13)21/h2-7,10,17H,8-9H2,1H3,(H,23,24)/t17-/m1/s1. The van der Waals surface area contributed by atoms with Crippen molar-refractivity contribution >= 4 is 11.9 Å². The van der Waals surface area contributed by atoms with E-state index in [1.165, 1.54) is 13.2 Å². The quantitative estimate of drug-likeness (QED) is 0.804. The zero-order chi connectivity index (χ0) is 19.1. The maximum absolute atomic E-state index is 13.7. The lowest BCUT2D eigenvalue weighted by molar-refractivity contribution is -0.145. The molecule has 0 heterocycles. The Hall–Kier alpha value is -3.27. The minimum absolute atomic E-state index is 0.00457. The number of nitriles is 1. The van der Waals surface area contributed by atoms with E-state index in [1.54, 1.807) is 24.3 Å². The van der Waals surface area contributed by atoms with Gasteiger partial charge in [0.25, 0.3) is 0 Å². The number of benzene rings is 2. The van der Waals surface area contributed by atoms with E-state index < -0.39 is 29.6 Å². The first-order chi connectivity index (χ1) is 12.4. The summed E-state index contributed by atoms with van der Waals surface area (Å²) in [5.41, 5.74) is 0.948. The van der Waals surface area contributed by atoms with Gasteiger partial charge in [0, 0.05) is 12.5 Å². The Bertz CT molecular complexity index is 862. The van der Waals surface area contributed by atoms with Crippen molar-refractivity contribution in [3.05, 3.63) is 70.8 Å². The van der Waals surface area contributed by atoms with Crippen molar-refractivity contribution < 1.29 is 23.1 Å². The number of amides is 1. The van der Waals surface area contributed by atoms with E-state index in [1.807, 2.05) is 6.07 Å². The van der Waals surface area contributed by atoms with Crippen LogP contribution in [0.2, 0.25) is 0 Å². The van der Waals surface area contributed by atoms with Gasteiger partial charge in [0.15, 0.2) is 0 Å². The van der Waals surface area contributed by atoms with E-state index in [-0.39, 0.29) is 18.4 Å². The van der Waals surface area contributed by atoms with E-state index in [9.17, 15) is 18.4 Å². The largest absolute Gasteiger partial charge is 0.467 e. The molecule has 0 bridgehead atoms. The molecule has 1 amide bonds. The van der Waals surface area contributed by atoms with E-state index >= 15 is 0 Å². The van der Waals surface area contributed by atoms with Gasteiger partial charge in [-0.1, -0.05) is 24.3 Å². The van der Waals surface area contributed by atoms with Crippen LogP contribution in [0.3, 0.4) is 0 Å². The van der Waals surface area contributed by atoms with E-state index in [2.05, 4.69) is 10.1 Å². The molecule has 2 rings (SSSR count). The lowest BCUT2D eigenvalue weighted by atomic mass is 10.0. The van der Waals surface area contributed by atoms with Gasteiger partial charge in [0.2, 0.25) is 5.91 Å². The van der Waals surface area contributed by atoms with Crippen molar-refractivity contribution in [3.63, 3.8) is 0 Å². The van der Waals surface area contributed by atoms with Gasteiger partial charge in [-0.05, 0) is 23.3 Å². The van der Waals surface area contributed by atoms with Crippen LogP contribution in [0.4, 0.5) is 8.78 Å². The minimum Gasteiger partial charge on any atom is -0.467 e. The molecular formula is C19H16F2N2O3. The SMILES string of the molecule is COC(=O)[C@@H](Cc1ccccc1C#N)NC(=O)Cc1ccc(F)cc1F. The van der Waals surface area contributed by atoms with E-state index in [0.29, 0.717) is 17.2 Å². The molecule has 0 aromatic heterocycles. The van der Waals surface area contributed by atoms with Crippen LogP contribution >= 0.6 is 0 Å². The Morgan fingerprint density at radius 2 is 1.92 bits per heavy atom. The van der Waals surface area contributed by atoms with Crippen molar-refractivity contribution in [1.82, 2.24) is 5.32 Å². The molecule has 0 saturated heterocycles. The summed E-state index contributed by atoms with van der Waals surface area (Å²) in [7, 11) is 1.18. The highest BCUT2D eigenvalue weighted by atomic mass is 19.1. The number of carbonyl (C=O) groups is 2. The third-order valence-electron chi connectivity index (χ3n) is 3.75. The highest BCUT2D eigenvalue weighted by Crippen LogP contribution is 2.13. The first-order valence-electron chi connectivity index (χ1n) is 7.73. The Morgan fingerprint density at radius 3 is 2.58 bits per heavy atom. The van der Waals surface area contributed by atoms with E-state index in [0.717, 1.165) is 6.07 Å². The molecule has 0 aliphatic rings. The van der Waals surface area contributed by atoms with Crippen molar-refractivity contribution in [3.8, 4) is 6.07 Å². The fourth-order valence-electron chi connectivity index (χ4n) is 2.45. The van der Waals surface area contributed by atoms with Gasteiger partial charge >= 0.3 is 5.97 Å². The fraction of sp³-hybridized carbons (Fsp3) is 0.211. The van der Waals surface area contributed by atoms with Crippen LogP contribution in [0.25, 0.3) is 0 Å².